The molecule has 0 radical (unpaired) electrons. The standard InChI is InChI=1S/C37H43N3O4S/c1-5-24-38-37(42)35(25-30-12-8-7-9-13-30)39(26-31-20-16-28(3)17-21-31)36(41)27-40(34-15-11-10-14-32(34)6-2)45(43,44)33-22-18-29(4)19-23-33/h7-23,35H,5-6,24-27H2,1-4H3,(H,38,42). The number of nitrogens with zero attached hydrogens (tertiary/aromatic N) is 2. The van der Waals surface area contributed by atoms with E-state index in [9.17, 15) is 18.0 Å². The number of aryl methyl sites for hydroxylation is 3. The lowest BCUT2D eigenvalue weighted by atomic mass is 10.0. The molecule has 1 unspecified atom stereocenters. The van der Waals surface area contributed by atoms with Gasteiger partial charge in [0.1, 0.15) is 12.6 Å². The topological polar surface area (TPSA) is 86.8 Å². The molecule has 4 aromatic carbocycles. The maximum Gasteiger partial charge on any atom is 0.264 e. The number of amides is 2. The van der Waals surface area contributed by atoms with Gasteiger partial charge in [0.25, 0.3) is 10.0 Å². The first-order chi connectivity index (χ1) is 21.6. The fourth-order valence-electron chi connectivity index (χ4n) is 5.21. The molecule has 1 N–H and O–H groups in total. The van der Waals surface area contributed by atoms with Gasteiger partial charge in [-0.1, -0.05) is 110 Å². The van der Waals surface area contributed by atoms with Gasteiger partial charge < -0.3 is 10.2 Å². The van der Waals surface area contributed by atoms with E-state index in [1.54, 1.807) is 36.4 Å². The minimum Gasteiger partial charge on any atom is -0.354 e. The molecular weight excluding hydrogens is 582 g/mol. The van der Waals surface area contributed by atoms with Crippen LogP contribution in [0.5, 0.6) is 0 Å². The summed E-state index contributed by atoms with van der Waals surface area (Å²) in [6.07, 6.45) is 1.60. The zero-order valence-corrected chi connectivity index (χ0v) is 27.4. The Bertz CT molecular complexity index is 1670. The lowest BCUT2D eigenvalue weighted by Crippen LogP contribution is -2.53. The zero-order chi connectivity index (χ0) is 32.4. The molecule has 236 valence electrons. The number of nitrogens with one attached hydrogen (secondary N) is 1. The van der Waals surface area contributed by atoms with Crippen LogP contribution in [0.25, 0.3) is 0 Å². The van der Waals surface area contributed by atoms with Crippen molar-refractivity contribution >= 4 is 27.5 Å². The van der Waals surface area contributed by atoms with Crippen molar-refractivity contribution in [3.63, 3.8) is 0 Å². The third kappa shape index (κ3) is 8.60. The van der Waals surface area contributed by atoms with Gasteiger partial charge in [-0.15, -0.1) is 0 Å². The minimum absolute atomic E-state index is 0.0958. The molecule has 1 atom stereocenters. The third-order valence-corrected chi connectivity index (χ3v) is 9.60. The summed E-state index contributed by atoms with van der Waals surface area (Å²) >= 11 is 0. The lowest BCUT2D eigenvalue weighted by Gasteiger charge is -2.34. The minimum atomic E-state index is -4.14. The summed E-state index contributed by atoms with van der Waals surface area (Å²) < 4.78 is 29.8. The number of para-hydroxylation sites is 1. The van der Waals surface area contributed by atoms with E-state index in [0.717, 1.165) is 34.2 Å². The van der Waals surface area contributed by atoms with Crippen LogP contribution >= 0.6 is 0 Å². The van der Waals surface area contributed by atoms with Crippen molar-refractivity contribution in [2.75, 3.05) is 17.4 Å². The maximum atomic E-state index is 14.6. The Hall–Kier alpha value is -4.43. The van der Waals surface area contributed by atoms with Gasteiger partial charge in [-0.3, -0.25) is 13.9 Å². The summed E-state index contributed by atoms with van der Waals surface area (Å²) in [4.78, 5) is 30.0. The highest BCUT2D eigenvalue weighted by Crippen LogP contribution is 2.28. The Morgan fingerprint density at radius 2 is 1.36 bits per heavy atom. The normalized spacial score (nSPS) is 11.9. The van der Waals surface area contributed by atoms with Crippen molar-refractivity contribution in [1.82, 2.24) is 10.2 Å². The molecule has 0 heterocycles. The summed E-state index contributed by atoms with van der Waals surface area (Å²) in [7, 11) is -4.14. The molecular formula is C37H43N3O4S. The zero-order valence-electron chi connectivity index (χ0n) is 26.6. The van der Waals surface area contributed by atoms with Gasteiger partial charge in [0, 0.05) is 19.5 Å². The second-order valence-electron chi connectivity index (χ2n) is 11.3. The summed E-state index contributed by atoms with van der Waals surface area (Å²) in [6, 6.07) is 30.4. The fraction of sp³-hybridized carbons (Fsp3) is 0.297. The first kappa shape index (κ1) is 33.5. The number of hydrogen-bond donors (Lipinski definition) is 1. The Labute approximate surface area is 268 Å². The van der Waals surface area contributed by atoms with Crippen molar-refractivity contribution in [3.05, 3.63) is 131 Å². The molecule has 0 aliphatic carbocycles. The van der Waals surface area contributed by atoms with Crippen LogP contribution < -0.4 is 9.62 Å². The van der Waals surface area contributed by atoms with E-state index in [0.29, 0.717) is 18.7 Å². The number of benzene rings is 4. The summed E-state index contributed by atoms with van der Waals surface area (Å²) in [5, 5.41) is 2.98. The van der Waals surface area contributed by atoms with Crippen LogP contribution in [0.1, 0.15) is 48.1 Å². The molecule has 45 heavy (non-hydrogen) atoms. The number of rotatable bonds is 14. The van der Waals surface area contributed by atoms with Crippen LogP contribution in [0.4, 0.5) is 5.69 Å². The third-order valence-electron chi connectivity index (χ3n) is 7.82. The van der Waals surface area contributed by atoms with Crippen molar-refractivity contribution in [3.8, 4) is 0 Å². The van der Waals surface area contributed by atoms with Crippen LogP contribution in [-0.2, 0) is 39.0 Å². The smallest absolute Gasteiger partial charge is 0.264 e. The molecule has 2 amide bonds. The number of anilines is 1. The quantitative estimate of drug-likeness (QED) is 0.180. The molecule has 0 aliphatic heterocycles. The van der Waals surface area contributed by atoms with E-state index < -0.39 is 28.5 Å². The van der Waals surface area contributed by atoms with E-state index in [2.05, 4.69) is 5.32 Å². The molecule has 0 fully saturated rings. The number of hydrogen-bond acceptors (Lipinski definition) is 4. The van der Waals surface area contributed by atoms with Crippen molar-refractivity contribution < 1.29 is 18.0 Å². The van der Waals surface area contributed by atoms with E-state index in [1.807, 2.05) is 94.4 Å². The maximum absolute atomic E-state index is 14.6. The largest absolute Gasteiger partial charge is 0.354 e. The predicted octanol–water partition coefficient (Wildman–Crippen LogP) is 6.23. The molecule has 0 aromatic heterocycles. The predicted molar refractivity (Wildman–Crippen MR) is 180 cm³/mol. The number of carbonyl (C=O) groups is 2. The van der Waals surface area contributed by atoms with Gasteiger partial charge in [0.15, 0.2) is 0 Å². The van der Waals surface area contributed by atoms with Crippen molar-refractivity contribution in [1.29, 1.82) is 0 Å². The Morgan fingerprint density at radius 1 is 0.756 bits per heavy atom. The summed E-state index contributed by atoms with van der Waals surface area (Å²) in [6.45, 7) is 7.95. The van der Waals surface area contributed by atoms with E-state index in [4.69, 9.17) is 0 Å². The number of carbonyl (C=O) groups excluding carboxylic acids is 2. The van der Waals surface area contributed by atoms with Crippen molar-refractivity contribution in [2.24, 2.45) is 0 Å². The molecule has 0 saturated heterocycles. The van der Waals surface area contributed by atoms with Gasteiger partial charge >= 0.3 is 0 Å². The Morgan fingerprint density at radius 3 is 1.98 bits per heavy atom. The molecule has 8 heteroatoms. The molecule has 7 nitrogen and oxygen atoms in total. The Kier molecular flexibility index (Phi) is 11.5. The van der Waals surface area contributed by atoms with Crippen LogP contribution in [0.15, 0.2) is 108 Å². The van der Waals surface area contributed by atoms with Crippen molar-refractivity contribution in [2.45, 2.75) is 64.4 Å². The van der Waals surface area contributed by atoms with E-state index >= 15 is 0 Å². The highest BCUT2D eigenvalue weighted by molar-refractivity contribution is 7.92. The number of sulfonamides is 1. The lowest BCUT2D eigenvalue weighted by molar-refractivity contribution is -0.140. The highest BCUT2D eigenvalue weighted by Gasteiger charge is 2.35. The Balaban J connectivity index is 1.82. The second kappa shape index (κ2) is 15.5. The first-order valence-corrected chi connectivity index (χ1v) is 16.9. The molecule has 0 spiro atoms. The summed E-state index contributed by atoms with van der Waals surface area (Å²) in [5.74, 6) is -0.743. The van der Waals surface area contributed by atoms with Crippen LogP contribution in [0.2, 0.25) is 0 Å². The van der Waals surface area contributed by atoms with Gasteiger partial charge in [-0.25, -0.2) is 8.42 Å². The average molecular weight is 626 g/mol. The molecule has 0 aliphatic rings. The van der Waals surface area contributed by atoms with Crippen LogP contribution in [0, 0.1) is 13.8 Å². The molecule has 4 aromatic rings. The van der Waals surface area contributed by atoms with Gasteiger partial charge in [-0.2, -0.15) is 0 Å². The monoisotopic (exact) mass is 625 g/mol. The first-order valence-electron chi connectivity index (χ1n) is 15.5. The van der Waals surface area contributed by atoms with Crippen LogP contribution in [-0.4, -0.2) is 44.3 Å². The molecule has 4 rings (SSSR count). The van der Waals surface area contributed by atoms with Gasteiger partial charge in [0.05, 0.1) is 10.6 Å². The van der Waals surface area contributed by atoms with Crippen LogP contribution in [0.3, 0.4) is 0 Å². The van der Waals surface area contributed by atoms with E-state index in [-0.39, 0.29) is 23.8 Å². The SMILES string of the molecule is CCCNC(=O)C(Cc1ccccc1)N(Cc1ccc(C)cc1)C(=O)CN(c1ccccc1CC)S(=O)(=O)c1ccc(C)cc1. The molecule has 0 saturated carbocycles. The second-order valence-corrected chi connectivity index (χ2v) is 13.2. The molecule has 0 bridgehead atoms. The van der Waals surface area contributed by atoms with E-state index in [1.165, 1.54) is 9.21 Å². The highest BCUT2D eigenvalue weighted by atomic mass is 32.2. The van der Waals surface area contributed by atoms with Gasteiger partial charge in [0.2, 0.25) is 11.8 Å². The average Bonchev–Trinajstić information content (AvgIpc) is 3.05. The summed E-state index contributed by atoms with van der Waals surface area (Å²) in [5.41, 5.74) is 4.99. The van der Waals surface area contributed by atoms with Gasteiger partial charge in [-0.05, 0) is 61.6 Å². The fourth-order valence-corrected chi connectivity index (χ4v) is 6.67.